The molecule has 0 aliphatic carbocycles. The summed E-state index contributed by atoms with van der Waals surface area (Å²) in [7, 11) is -6.02. The highest BCUT2D eigenvalue weighted by atomic mass is 28.4. The average Bonchev–Trinajstić information content (AvgIpc) is 3.34. The first-order valence-corrected chi connectivity index (χ1v) is 29.9. The van der Waals surface area contributed by atoms with Gasteiger partial charge in [0.25, 0.3) is 22.4 Å². The van der Waals surface area contributed by atoms with Crippen LogP contribution in [0.2, 0.25) is 10.1 Å². The van der Waals surface area contributed by atoms with Crippen LogP contribution in [-0.4, -0.2) is 85.6 Å². The van der Waals surface area contributed by atoms with E-state index in [0.29, 0.717) is 52.1 Å². The molecule has 1 fully saturated rings. The predicted molar refractivity (Wildman–Crippen MR) is 294 cm³/mol. The zero-order chi connectivity index (χ0) is 52.5. The summed E-state index contributed by atoms with van der Waals surface area (Å²) in [6.07, 6.45) is 8.06. The molecule has 2 atom stereocenters. The second kappa shape index (κ2) is 26.6. The first-order valence-electron chi connectivity index (χ1n) is 26.1. The van der Waals surface area contributed by atoms with Crippen LogP contribution in [0.15, 0.2) is 146 Å². The van der Waals surface area contributed by atoms with Crippen LogP contribution in [0.5, 0.6) is 0 Å². The van der Waals surface area contributed by atoms with E-state index in [9.17, 15) is 9.59 Å². The molecule has 0 spiro atoms. The van der Waals surface area contributed by atoms with Gasteiger partial charge in [0, 0.05) is 53.1 Å². The van der Waals surface area contributed by atoms with Crippen molar-refractivity contribution in [1.82, 2.24) is 0 Å². The van der Waals surface area contributed by atoms with Gasteiger partial charge in [-0.15, -0.1) is 0 Å². The SMILES string of the molecule is CCOC(CC(C/C=C/CC1(C/C=C/CC(CC(OCC)OCC)O[Si](c2ccccc2)(c2ccccc2)C(C)(C)C)C(=O)OC(C)(C)OC1=O)O[Si](c1ccccc1)(c1ccccc1)C(C)(C)C)OCC. The number of cyclic esters (lactones) is 2. The van der Waals surface area contributed by atoms with Gasteiger partial charge in [0.2, 0.25) is 0 Å². The highest BCUT2D eigenvalue weighted by Gasteiger charge is 2.56. The Bertz CT molecular complexity index is 2040. The monoisotopic (exact) mass is 1020 g/mol. The molecule has 1 heterocycles. The van der Waals surface area contributed by atoms with E-state index in [1.165, 1.54) is 0 Å². The minimum atomic E-state index is -3.01. The minimum absolute atomic E-state index is 0.0517. The first kappa shape index (κ1) is 58.4. The van der Waals surface area contributed by atoms with Gasteiger partial charge in [-0.25, -0.2) is 0 Å². The van der Waals surface area contributed by atoms with Crippen LogP contribution in [0.3, 0.4) is 0 Å². The van der Waals surface area contributed by atoms with Crippen molar-refractivity contribution in [3.63, 3.8) is 0 Å². The lowest BCUT2D eigenvalue weighted by molar-refractivity contribution is -0.250. The van der Waals surface area contributed by atoms with Crippen molar-refractivity contribution in [2.75, 3.05) is 26.4 Å². The van der Waals surface area contributed by atoms with Crippen molar-refractivity contribution < 1.29 is 46.9 Å². The van der Waals surface area contributed by atoms with Gasteiger partial charge in [-0.1, -0.05) is 187 Å². The van der Waals surface area contributed by atoms with Crippen LogP contribution in [0.1, 0.15) is 122 Å². The van der Waals surface area contributed by atoms with Crippen molar-refractivity contribution in [3.05, 3.63) is 146 Å². The minimum Gasteiger partial charge on any atom is -0.422 e. The average molecular weight is 1020 g/mol. The molecule has 72 heavy (non-hydrogen) atoms. The lowest BCUT2D eigenvalue weighted by Gasteiger charge is -2.45. The quantitative estimate of drug-likeness (QED) is 0.0179. The maximum Gasteiger partial charge on any atom is 0.327 e. The number of benzene rings is 4. The number of esters is 2. The van der Waals surface area contributed by atoms with Crippen LogP contribution < -0.4 is 20.7 Å². The van der Waals surface area contributed by atoms with Crippen LogP contribution in [0.4, 0.5) is 0 Å². The van der Waals surface area contributed by atoms with E-state index in [1.54, 1.807) is 13.8 Å². The van der Waals surface area contributed by atoms with Crippen molar-refractivity contribution in [3.8, 4) is 0 Å². The molecule has 2 unspecified atom stereocenters. The Kier molecular flexibility index (Phi) is 21.6. The van der Waals surface area contributed by atoms with E-state index >= 15 is 0 Å². The number of ether oxygens (including phenoxy) is 6. The summed E-state index contributed by atoms with van der Waals surface area (Å²) in [5.41, 5.74) is -1.64. The fourth-order valence-corrected chi connectivity index (χ4v) is 19.5. The van der Waals surface area contributed by atoms with E-state index in [2.05, 4.69) is 139 Å². The number of carbonyl (C=O) groups excluding carboxylic acids is 2. The van der Waals surface area contributed by atoms with Crippen molar-refractivity contribution in [2.24, 2.45) is 5.41 Å². The fourth-order valence-electron chi connectivity index (χ4n) is 10.0. The number of carbonyl (C=O) groups is 2. The van der Waals surface area contributed by atoms with Crippen molar-refractivity contribution in [1.29, 1.82) is 0 Å². The first-order chi connectivity index (χ1) is 34.3. The van der Waals surface area contributed by atoms with E-state index in [-0.39, 0.29) is 35.1 Å². The fraction of sp³-hybridized carbons (Fsp3) is 0.500. The molecule has 0 amide bonds. The van der Waals surface area contributed by atoms with Gasteiger partial charge in [0.1, 0.15) is 0 Å². The normalized spacial score (nSPS) is 16.4. The van der Waals surface area contributed by atoms with Crippen molar-refractivity contribution >= 4 is 49.3 Å². The molecular formula is C60H84O10Si2. The molecule has 4 aromatic rings. The Labute approximate surface area is 434 Å². The molecular weight excluding hydrogens is 937 g/mol. The summed E-state index contributed by atoms with van der Waals surface area (Å²) in [4.78, 5) is 28.6. The molecule has 0 bridgehead atoms. The predicted octanol–water partition coefficient (Wildman–Crippen LogP) is 11.0. The summed E-state index contributed by atoms with van der Waals surface area (Å²) in [5.74, 6) is -2.66. The molecule has 1 aliphatic heterocycles. The van der Waals surface area contributed by atoms with Crippen LogP contribution in [0.25, 0.3) is 0 Å². The van der Waals surface area contributed by atoms with Gasteiger partial charge in [-0.2, -0.15) is 0 Å². The van der Waals surface area contributed by atoms with Crippen LogP contribution in [-0.2, 0) is 46.9 Å². The molecule has 392 valence electrons. The zero-order valence-corrected chi connectivity index (χ0v) is 47.3. The second-order valence-corrected chi connectivity index (χ2v) is 29.5. The van der Waals surface area contributed by atoms with Gasteiger partial charge in [-0.05, 0) is 84.2 Å². The van der Waals surface area contributed by atoms with E-state index in [0.717, 1.165) is 20.7 Å². The van der Waals surface area contributed by atoms with Gasteiger partial charge in [0.05, 0.1) is 12.2 Å². The maximum absolute atomic E-state index is 14.3. The highest BCUT2D eigenvalue weighted by molar-refractivity contribution is 7.00. The van der Waals surface area contributed by atoms with E-state index < -0.39 is 52.4 Å². The molecule has 0 radical (unpaired) electrons. The molecule has 0 aromatic heterocycles. The third kappa shape index (κ3) is 14.4. The van der Waals surface area contributed by atoms with Gasteiger partial charge < -0.3 is 37.3 Å². The van der Waals surface area contributed by atoms with Crippen LogP contribution >= 0.6 is 0 Å². The molecule has 4 aromatic carbocycles. The summed E-state index contributed by atoms with van der Waals surface area (Å²) >= 11 is 0. The Morgan fingerprint density at radius 3 is 1.00 bits per heavy atom. The maximum atomic E-state index is 14.3. The molecule has 0 N–H and O–H groups in total. The standard InChI is InChI=1S/C60H84O10Si2/c1-13-63-53(64-14-2)45-47(69-71(57(5,6)7,49-35-21-17-22-36-49)50-37-23-18-24-38-50)33-29-31-43-60(55(61)67-59(11,12)68-56(60)62)44-32-30-34-48(46-54(65-15-3)66-16-4)70-72(58(8,9)10,51-39-25-19-26-40-51)52-41-27-20-28-42-52/h17-32,35-42,47-48,53-54H,13-16,33-34,43-46H2,1-12H3/b31-29+,32-30+. The Hall–Kier alpha value is -4.51. The summed E-state index contributed by atoms with van der Waals surface area (Å²) in [6.45, 7) is 26.5. The topological polar surface area (TPSA) is 108 Å². The lowest BCUT2D eigenvalue weighted by Crippen LogP contribution is -2.67. The van der Waals surface area contributed by atoms with Gasteiger partial charge >= 0.3 is 11.9 Å². The Balaban J connectivity index is 1.51. The highest BCUT2D eigenvalue weighted by Crippen LogP contribution is 2.42. The van der Waals surface area contributed by atoms with E-state index in [4.69, 9.17) is 37.3 Å². The molecule has 10 nitrogen and oxygen atoms in total. The van der Waals surface area contributed by atoms with Crippen LogP contribution in [0, 0.1) is 5.41 Å². The molecule has 1 aliphatic rings. The third-order valence-electron chi connectivity index (χ3n) is 13.4. The number of hydrogen-bond donors (Lipinski definition) is 0. The number of allylic oxidation sites excluding steroid dienone is 2. The largest absolute Gasteiger partial charge is 0.422 e. The van der Waals surface area contributed by atoms with Gasteiger partial charge in [-0.3, -0.25) is 9.59 Å². The Morgan fingerprint density at radius 2 is 0.750 bits per heavy atom. The summed E-state index contributed by atoms with van der Waals surface area (Å²) < 4.78 is 51.6. The number of rotatable bonds is 28. The molecule has 5 rings (SSSR count). The lowest BCUT2D eigenvalue weighted by atomic mass is 9.79. The van der Waals surface area contributed by atoms with E-state index in [1.807, 2.05) is 76.3 Å². The second-order valence-electron chi connectivity index (χ2n) is 21.0. The van der Waals surface area contributed by atoms with Crippen molar-refractivity contribution in [2.45, 2.75) is 162 Å². The Morgan fingerprint density at radius 1 is 0.472 bits per heavy atom. The zero-order valence-electron chi connectivity index (χ0n) is 45.3. The molecule has 0 saturated carbocycles. The molecule has 12 heteroatoms. The number of hydrogen-bond acceptors (Lipinski definition) is 10. The third-order valence-corrected chi connectivity index (χ3v) is 23.5. The smallest absolute Gasteiger partial charge is 0.327 e. The van der Waals surface area contributed by atoms with Gasteiger partial charge in [0.15, 0.2) is 18.0 Å². The summed E-state index contributed by atoms with van der Waals surface area (Å²) in [5, 5.41) is 4.09. The summed E-state index contributed by atoms with van der Waals surface area (Å²) in [6, 6.07) is 42.2. The molecule has 1 saturated heterocycles.